The van der Waals surface area contributed by atoms with Gasteiger partial charge in [0.25, 0.3) is 0 Å². The average Bonchev–Trinajstić information content (AvgIpc) is 2.85. The second-order valence-corrected chi connectivity index (χ2v) is 10.8. The molecule has 196 valence electrons. The summed E-state index contributed by atoms with van der Waals surface area (Å²) in [5.74, 6) is -1.47. The monoisotopic (exact) mass is 740 g/mol. The topological polar surface area (TPSA) is 105 Å². The summed E-state index contributed by atoms with van der Waals surface area (Å²) in [6.45, 7) is 0.352. The van der Waals surface area contributed by atoms with Crippen molar-refractivity contribution in [2.75, 3.05) is 47.7 Å². The Balaban J connectivity index is 2.78. The lowest BCUT2D eigenvalue weighted by atomic mass is 9.96. The Morgan fingerprint density at radius 2 is 0.676 bits per heavy atom. The lowest BCUT2D eigenvalue weighted by molar-refractivity contribution is -0.155. The zero-order valence-corrected chi connectivity index (χ0v) is 25.4. The number of hydrogen-bond donors (Lipinski definition) is 0. The highest BCUT2D eigenvalue weighted by atomic mass is 79.9. The number of alkyl halides is 4. The van der Waals surface area contributed by atoms with Crippen molar-refractivity contribution in [3.63, 3.8) is 0 Å². The molecule has 1 fully saturated rings. The number of hydrogen-bond acceptors (Lipinski definition) is 8. The van der Waals surface area contributed by atoms with E-state index in [0.29, 0.717) is 47.0 Å². The van der Waals surface area contributed by atoms with Crippen LogP contribution in [0.25, 0.3) is 0 Å². The molecule has 0 radical (unpaired) electrons. The van der Waals surface area contributed by atoms with Gasteiger partial charge in [-0.2, -0.15) is 0 Å². The third-order valence-corrected chi connectivity index (χ3v) is 10.1. The minimum absolute atomic E-state index is 0.0880. The van der Waals surface area contributed by atoms with Gasteiger partial charge in [-0.1, -0.05) is 63.7 Å². The van der Waals surface area contributed by atoms with Gasteiger partial charge >= 0.3 is 23.9 Å². The maximum absolute atomic E-state index is 12.2. The molecule has 1 saturated heterocycles. The van der Waals surface area contributed by atoms with E-state index in [1.54, 1.807) is 0 Å². The zero-order valence-electron chi connectivity index (χ0n) is 19.1. The number of ether oxygens (including phenoxy) is 4. The Labute approximate surface area is 234 Å². The lowest BCUT2D eigenvalue weighted by Gasteiger charge is -2.29. The van der Waals surface area contributed by atoms with E-state index >= 15 is 0 Å². The first kappa shape index (κ1) is 31.8. The summed E-state index contributed by atoms with van der Waals surface area (Å²) < 4.78 is 21.7. The summed E-state index contributed by atoms with van der Waals surface area (Å²) in [6, 6.07) is 0. The van der Waals surface area contributed by atoms with E-state index in [1.807, 2.05) is 0 Å². The van der Waals surface area contributed by atoms with Gasteiger partial charge < -0.3 is 18.9 Å². The Hall–Kier alpha value is -0.200. The first-order chi connectivity index (χ1) is 16.2. The summed E-state index contributed by atoms with van der Waals surface area (Å²) in [4.78, 5) is 48.6. The Morgan fingerprint density at radius 1 is 0.471 bits per heavy atom. The van der Waals surface area contributed by atoms with Crippen molar-refractivity contribution < 1.29 is 38.1 Å². The molecule has 1 rings (SSSR count). The van der Waals surface area contributed by atoms with Crippen molar-refractivity contribution in [1.29, 1.82) is 0 Å². The third-order valence-electron chi connectivity index (χ3n) is 5.31. The Morgan fingerprint density at radius 3 is 0.853 bits per heavy atom. The molecule has 0 spiro atoms. The summed E-state index contributed by atoms with van der Waals surface area (Å²) in [5, 5.41) is 1.86. The molecule has 8 nitrogen and oxygen atoms in total. The van der Waals surface area contributed by atoms with Gasteiger partial charge in [0.2, 0.25) is 0 Å². The molecular formula is C22H32Br4O8. The maximum Gasteiger partial charge on any atom is 0.305 e. The molecule has 34 heavy (non-hydrogen) atoms. The van der Waals surface area contributed by atoms with Crippen molar-refractivity contribution in [3.8, 4) is 0 Å². The molecule has 0 amide bonds. The van der Waals surface area contributed by atoms with Crippen molar-refractivity contribution in [1.82, 2.24) is 0 Å². The predicted molar refractivity (Wildman–Crippen MR) is 141 cm³/mol. The molecule has 0 aromatic rings. The third kappa shape index (κ3) is 12.2. The van der Waals surface area contributed by atoms with Crippen molar-refractivity contribution in [2.24, 2.45) is 10.8 Å². The summed E-state index contributed by atoms with van der Waals surface area (Å²) in [6.07, 6.45) is 2.65. The highest BCUT2D eigenvalue weighted by Gasteiger charge is 2.33. The van der Waals surface area contributed by atoms with E-state index in [0.717, 1.165) is 0 Å². The second kappa shape index (κ2) is 17.3. The quantitative estimate of drug-likeness (QED) is 0.229. The van der Waals surface area contributed by atoms with E-state index in [4.69, 9.17) is 18.9 Å². The fourth-order valence-electron chi connectivity index (χ4n) is 2.76. The zero-order chi connectivity index (χ0) is 25.5. The molecule has 0 aliphatic carbocycles. The van der Waals surface area contributed by atoms with E-state index in [1.165, 1.54) is 0 Å². The first-order valence-corrected chi connectivity index (χ1v) is 15.6. The number of carbonyl (C=O) groups excluding carboxylic acids is 4. The van der Waals surface area contributed by atoms with Gasteiger partial charge in [-0.3, -0.25) is 19.2 Å². The minimum Gasteiger partial charge on any atom is -0.465 e. The van der Waals surface area contributed by atoms with Gasteiger partial charge in [0, 0.05) is 47.0 Å². The Bertz CT molecular complexity index is 561. The van der Waals surface area contributed by atoms with Crippen LogP contribution in [0.3, 0.4) is 0 Å². The van der Waals surface area contributed by atoms with Gasteiger partial charge in [-0.25, -0.2) is 0 Å². The van der Waals surface area contributed by atoms with Gasteiger partial charge in [0.05, 0.1) is 10.8 Å². The lowest BCUT2D eigenvalue weighted by Crippen LogP contribution is -2.38. The number of carbonyl (C=O) groups is 4. The summed E-state index contributed by atoms with van der Waals surface area (Å²) in [7, 11) is 0. The number of esters is 4. The smallest absolute Gasteiger partial charge is 0.305 e. The Kier molecular flexibility index (Phi) is 16.2. The molecule has 1 aliphatic rings. The van der Waals surface area contributed by atoms with Crippen molar-refractivity contribution in [2.45, 2.75) is 51.4 Å². The highest BCUT2D eigenvalue weighted by Crippen LogP contribution is 2.27. The minimum atomic E-state index is -0.590. The number of rotatable bonds is 4. The van der Waals surface area contributed by atoms with Crippen LogP contribution >= 0.6 is 63.7 Å². The normalized spacial score (nSPS) is 22.2. The van der Waals surface area contributed by atoms with Gasteiger partial charge in [-0.05, 0) is 25.7 Å². The molecule has 0 N–H and O–H groups in total. The van der Waals surface area contributed by atoms with Crippen LogP contribution in [0.5, 0.6) is 0 Å². The van der Waals surface area contributed by atoms with Crippen LogP contribution in [0.4, 0.5) is 0 Å². The number of halogens is 4. The predicted octanol–water partition coefficient (Wildman–Crippen LogP) is 4.85. The SMILES string of the molecule is O=C1CCCCC(=O)OCC(CBr)(CBr)COC(=O)CCCCC(=O)OCC(CBr)(CBr)CO1. The average molecular weight is 744 g/mol. The largest absolute Gasteiger partial charge is 0.465 e. The molecule has 0 aromatic heterocycles. The molecule has 1 heterocycles. The molecule has 1 aliphatic heterocycles. The molecule has 0 bridgehead atoms. The first-order valence-electron chi connectivity index (χ1n) is 11.1. The standard InChI is InChI=1S/C22H32Br4O8/c23-9-21(10-24)13-31-17(27)5-1-2-6-18(28)32-14-22(11-25,12-26)16-34-20(30)8-4-3-7-19(29)33-15-21/h1-16H2. The van der Waals surface area contributed by atoms with Gasteiger partial charge in [0.1, 0.15) is 26.4 Å². The van der Waals surface area contributed by atoms with E-state index < -0.39 is 10.8 Å². The highest BCUT2D eigenvalue weighted by molar-refractivity contribution is 9.10. The van der Waals surface area contributed by atoms with Crippen LogP contribution in [0.2, 0.25) is 0 Å². The fourth-order valence-corrected chi connectivity index (χ4v) is 5.92. The van der Waals surface area contributed by atoms with E-state index in [9.17, 15) is 19.2 Å². The molecule has 0 saturated carbocycles. The van der Waals surface area contributed by atoms with Gasteiger partial charge in [-0.15, -0.1) is 0 Å². The molecule has 0 atom stereocenters. The summed E-state index contributed by atoms with van der Waals surface area (Å²) in [5.41, 5.74) is -1.18. The number of cyclic esters (lactones) is 4. The van der Waals surface area contributed by atoms with E-state index in [2.05, 4.69) is 63.7 Å². The molecule has 0 aromatic carbocycles. The van der Waals surface area contributed by atoms with Crippen LogP contribution in [-0.2, 0) is 38.1 Å². The van der Waals surface area contributed by atoms with Crippen LogP contribution in [0, 0.1) is 10.8 Å². The van der Waals surface area contributed by atoms with Gasteiger partial charge in [0.15, 0.2) is 0 Å². The summed E-state index contributed by atoms with van der Waals surface area (Å²) >= 11 is 13.7. The van der Waals surface area contributed by atoms with Crippen LogP contribution in [-0.4, -0.2) is 71.6 Å². The van der Waals surface area contributed by atoms with Crippen LogP contribution < -0.4 is 0 Å². The van der Waals surface area contributed by atoms with Crippen LogP contribution in [0.1, 0.15) is 51.4 Å². The molecular weight excluding hydrogens is 712 g/mol. The molecule has 12 heteroatoms. The van der Waals surface area contributed by atoms with Crippen molar-refractivity contribution in [3.05, 3.63) is 0 Å². The maximum atomic E-state index is 12.2. The fraction of sp³-hybridized carbons (Fsp3) is 0.818. The second-order valence-electron chi connectivity index (χ2n) is 8.59. The molecule has 0 unspecified atom stereocenters. The van der Waals surface area contributed by atoms with E-state index in [-0.39, 0.29) is 76.0 Å². The van der Waals surface area contributed by atoms with Crippen molar-refractivity contribution >= 4 is 87.6 Å². The van der Waals surface area contributed by atoms with Crippen LogP contribution in [0.15, 0.2) is 0 Å².